The quantitative estimate of drug-likeness (QED) is 0.819. The maximum Gasteiger partial charge on any atom is 0.0329 e. The monoisotopic (exact) mass is 238 g/mol. The third-order valence-corrected chi connectivity index (χ3v) is 5.56. The molecular formula is C15H30N2. The average Bonchev–Trinajstić information content (AvgIpc) is 2.37. The second kappa shape index (κ2) is 5.27. The molecule has 2 nitrogen and oxygen atoms in total. The van der Waals surface area contributed by atoms with Gasteiger partial charge in [0.05, 0.1) is 0 Å². The van der Waals surface area contributed by atoms with Crippen molar-refractivity contribution in [3.8, 4) is 0 Å². The van der Waals surface area contributed by atoms with Gasteiger partial charge in [-0.05, 0) is 51.0 Å². The number of rotatable bonds is 3. The van der Waals surface area contributed by atoms with E-state index in [2.05, 4.69) is 25.7 Å². The van der Waals surface area contributed by atoms with Gasteiger partial charge in [0.1, 0.15) is 0 Å². The Hall–Kier alpha value is -0.0800. The third kappa shape index (κ3) is 2.39. The van der Waals surface area contributed by atoms with Crippen LogP contribution >= 0.6 is 0 Å². The Kier molecular flexibility index (Phi) is 4.14. The Balaban J connectivity index is 2.17. The zero-order valence-electron chi connectivity index (χ0n) is 11.9. The number of nitrogens with zero attached hydrogens (tertiary/aromatic N) is 1. The van der Waals surface area contributed by atoms with E-state index in [-0.39, 0.29) is 5.54 Å². The normalized spacial score (nSPS) is 34.4. The van der Waals surface area contributed by atoms with Crippen molar-refractivity contribution in [1.29, 1.82) is 0 Å². The Morgan fingerprint density at radius 1 is 1.18 bits per heavy atom. The summed E-state index contributed by atoms with van der Waals surface area (Å²) >= 11 is 0. The second-order valence-corrected chi connectivity index (χ2v) is 6.66. The van der Waals surface area contributed by atoms with Crippen LogP contribution in [-0.2, 0) is 0 Å². The summed E-state index contributed by atoms with van der Waals surface area (Å²) in [6.07, 6.45) is 8.59. The van der Waals surface area contributed by atoms with Crippen LogP contribution in [0.3, 0.4) is 0 Å². The van der Waals surface area contributed by atoms with Gasteiger partial charge in [-0.25, -0.2) is 0 Å². The number of likely N-dealkylation sites (tertiary alicyclic amines) is 1. The molecule has 3 atom stereocenters. The predicted molar refractivity (Wildman–Crippen MR) is 74.0 cm³/mol. The maximum atomic E-state index is 6.12. The van der Waals surface area contributed by atoms with Crippen LogP contribution in [0.1, 0.15) is 59.3 Å². The van der Waals surface area contributed by atoms with Crippen LogP contribution in [0.5, 0.6) is 0 Å². The summed E-state index contributed by atoms with van der Waals surface area (Å²) in [5.41, 5.74) is 6.33. The topological polar surface area (TPSA) is 29.3 Å². The average molecular weight is 238 g/mol. The lowest BCUT2D eigenvalue weighted by Crippen LogP contribution is -2.62. The molecule has 1 aliphatic heterocycles. The van der Waals surface area contributed by atoms with Gasteiger partial charge in [0.25, 0.3) is 0 Å². The van der Waals surface area contributed by atoms with E-state index in [9.17, 15) is 0 Å². The molecule has 100 valence electrons. The molecule has 1 aliphatic carbocycles. The van der Waals surface area contributed by atoms with Crippen LogP contribution in [0.25, 0.3) is 0 Å². The lowest BCUT2D eigenvalue weighted by atomic mass is 9.74. The van der Waals surface area contributed by atoms with Gasteiger partial charge < -0.3 is 5.73 Å². The molecule has 1 saturated carbocycles. The standard InChI is InChI=1S/C15H30N2/c1-12(2)15(3,11-16)17-10-6-8-13-7-4-5-9-14(13)17/h12-14H,4-11,16H2,1-3H3. The van der Waals surface area contributed by atoms with E-state index in [1.54, 1.807) is 0 Å². The highest BCUT2D eigenvalue weighted by atomic mass is 15.2. The molecule has 2 fully saturated rings. The first-order valence-electron chi connectivity index (χ1n) is 7.56. The van der Waals surface area contributed by atoms with Gasteiger partial charge in [0.15, 0.2) is 0 Å². The largest absolute Gasteiger partial charge is 0.329 e. The fourth-order valence-corrected chi connectivity index (χ4v) is 3.94. The first kappa shape index (κ1) is 13.4. The van der Waals surface area contributed by atoms with Gasteiger partial charge in [-0.2, -0.15) is 0 Å². The number of nitrogens with two attached hydrogens (primary N) is 1. The van der Waals surface area contributed by atoms with Crippen molar-refractivity contribution < 1.29 is 0 Å². The molecule has 2 N–H and O–H groups in total. The molecule has 0 bridgehead atoms. The summed E-state index contributed by atoms with van der Waals surface area (Å²) in [7, 11) is 0. The molecule has 1 saturated heterocycles. The van der Waals surface area contributed by atoms with Crippen molar-refractivity contribution in [2.75, 3.05) is 13.1 Å². The fourth-order valence-electron chi connectivity index (χ4n) is 3.94. The third-order valence-electron chi connectivity index (χ3n) is 5.56. The number of piperidine rings is 1. The lowest BCUT2D eigenvalue weighted by Gasteiger charge is -2.54. The molecule has 2 rings (SSSR count). The van der Waals surface area contributed by atoms with Crippen LogP contribution in [0.2, 0.25) is 0 Å². The lowest BCUT2D eigenvalue weighted by molar-refractivity contribution is -0.0385. The fraction of sp³-hybridized carbons (Fsp3) is 1.00. The number of hydrogen-bond acceptors (Lipinski definition) is 2. The van der Waals surface area contributed by atoms with Crippen molar-refractivity contribution in [2.45, 2.75) is 70.9 Å². The molecule has 3 unspecified atom stereocenters. The molecule has 0 aromatic carbocycles. The van der Waals surface area contributed by atoms with Crippen LogP contribution in [0.15, 0.2) is 0 Å². The van der Waals surface area contributed by atoms with Crippen molar-refractivity contribution >= 4 is 0 Å². The van der Waals surface area contributed by atoms with Crippen molar-refractivity contribution in [1.82, 2.24) is 4.90 Å². The molecular weight excluding hydrogens is 208 g/mol. The molecule has 0 aromatic rings. The van der Waals surface area contributed by atoms with E-state index in [1.807, 2.05) is 0 Å². The van der Waals surface area contributed by atoms with Crippen LogP contribution in [0, 0.1) is 11.8 Å². The van der Waals surface area contributed by atoms with Gasteiger partial charge >= 0.3 is 0 Å². The van der Waals surface area contributed by atoms with Gasteiger partial charge in [0.2, 0.25) is 0 Å². The van der Waals surface area contributed by atoms with Gasteiger partial charge in [-0.15, -0.1) is 0 Å². The zero-order chi connectivity index (χ0) is 12.5. The summed E-state index contributed by atoms with van der Waals surface area (Å²) in [5.74, 6) is 1.61. The minimum Gasteiger partial charge on any atom is -0.329 e. The highest BCUT2D eigenvalue weighted by Crippen LogP contribution is 2.40. The smallest absolute Gasteiger partial charge is 0.0329 e. The van der Waals surface area contributed by atoms with E-state index in [1.165, 1.54) is 45.1 Å². The van der Waals surface area contributed by atoms with E-state index in [4.69, 9.17) is 5.73 Å². The van der Waals surface area contributed by atoms with Crippen molar-refractivity contribution in [3.05, 3.63) is 0 Å². The van der Waals surface area contributed by atoms with E-state index < -0.39 is 0 Å². The Labute approximate surface area is 107 Å². The first-order valence-corrected chi connectivity index (χ1v) is 7.56. The summed E-state index contributed by atoms with van der Waals surface area (Å²) < 4.78 is 0. The molecule has 17 heavy (non-hydrogen) atoms. The minimum atomic E-state index is 0.209. The predicted octanol–water partition coefficient (Wildman–Crippen LogP) is 3.01. The van der Waals surface area contributed by atoms with Crippen molar-refractivity contribution in [2.24, 2.45) is 17.6 Å². The van der Waals surface area contributed by atoms with Crippen LogP contribution in [-0.4, -0.2) is 29.6 Å². The van der Waals surface area contributed by atoms with Crippen LogP contribution in [0.4, 0.5) is 0 Å². The van der Waals surface area contributed by atoms with Gasteiger partial charge in [-0.1, -0.05) is 26.7 Å². The summed E-state index contributed by atoms with van der Waals surface area (Å²) in [6, 6.07) is 0.827. The molecule has 0 amide bonds. The summed E-state index contributed by atoms with van der Waals surface area (Å²) in [6.45, 7) is 9.12. The molecule has 1 heterocycles. The van der Waals surface area contributed by atoms with Crippen LogP contribution < -0.4 is 5.73 Å². The molecule has 2 heteroatoms. The number of hydrogen-bond donors (Lipinski definition) is 1. The Morgan fingerprint density at radius 2 is 1.82 bits per heavy atom. The Morgan fingerprint density at radius 3 is 2.47 bits per heavy atom. The maximum absolute atomic E-state index is 6.12. The molecule has 0 radical (unpaired) electrons. The molecule has 0 aromatic heterocycles. The van der Waals surface area contributed by atoms with Gasteiger partial charge in [0, 0.05) is 18.1 Å². The van der Waals surface area contributed by atoms with Crippen molar-refractivity contribution in [3.63, 3.8) is 0 Å². The first-order chi connectivity index (χ1) is 8.09. The zero-order valence-corrected chi connectivity index (χ0v) is 11.9. The summed E-state index contributed by atoms with van der Waals surface area (Å²) in [5, 5.41) is 0. The second-order valence-electron chi connectivity index (χ2n) is 6.66. The van der Waals surface area contributed by atoms with E-state index in [0.717, 1.165) is 18.5 Å². The SMILES string of the molecule is CC(C)C(C)(CN)N1CCCC2CCCCC21. The van der Waals surface area contributed by atoms with Gasteiger partial charge in [-0.3, -0.25) is 4.90 Å². The highest BCUT2D eigenvalue weighted by molar-refractivity contribution is 4.98. The minimum absolute atomic E-state index is 0.209. The van der Waals surface area contributed by atoms with E-state index in [0.29, 0.717) is 5.92 Å². The highest BCUT2D eigenvalue weighted by Gasteiger charge is 2.43. The van der Waals surface area contributed by atoms with E-state index >= 15 is 0 Å². The number of fused-ring (bicyclic) bond motifs is 1. The summed E-state index contributed by atoms with van der Waals surface area (Å²) in [4.78, 5) is 2.78. The Bertz CT molecular complexity index is 249. The molecule has 0 spiro atoms. The molecule has 2 aliphatic rings.